The average molecular weight is 379 g/mol. The van der Waals surface area contributed by atoms with Gasteiger partial charge in [0.1, 0.15) is 0 Å². The van der Waals surface area contributed by atoms with Crippen LogP contribution in [-0.2, 0) is 12.3 Å². The van der Waals surface area contributed by atoms with Gasteiger partial charge in [-0.05, 0) is 42.3 Å². The normalized spacial score (nSPS) is 11.4. The Balaban J connectivity index is 1.75. The van der Waals surface area contributed by atoms with E-state index in [9.17, 15) is 0 Å². The Kier molecular flexibility index (Phi) is 4.89. The van der Waals surface area contributed by atoms with Crippen molar-refractivity contribution in [1.29, 1.82) is 0 Å². The van der Waals surface area contributed by atoms with E-state index in [2.05, 4.69) is 47.6 Å². The zero-order chi connectivity index (χ0) is 18.8. The molecule has 138 valence electrons. The monoisotopic (exact) mass is 379 g/mol. The molecule has 0 spiro atoms. The summed E-state index contributed by atoms with van der Waals surface area (Å²) < 4.78 is 3.80. The predicted molar refractivity (Wildman–Crippen MR) is 106 cm³/mol. The largest absolute Gasteiger partial charge is 0.229 e. The highest BCUT2D eigenvalue weighted by Crippen LogP contribution is 2.31. The van der Waals surface area contributed by atoms with Crippen LogP contribution in [0.1, 0.15) is 30.4 Å². The van der Waals surface area contributed by atoms with E-state index in [0.29, 0.717) is 5.75 Å². The maximum atomic E-state index is 4.92. The van der Waals surface area contributed by atoms with Crippen molar-refractivity contribution in [1.82, 2.24) is 34.8 Å². The number of fused-ring (bicyclic) bond motifs is 1. The molecule has 3 aromatic heterocycles. The van der Waals surface area contributed by atoms with Crippen LogP contribution >= 0.6 is 11.8 Å². The summed E-state index contributed by atoms with van der Waals surface area (Å²) in [6.45, 7) is 7.04. The van der Waals surface area contributed by atoms with Crippen LogP contribution in [0.2, 0.25) is 0 Å². The fourth-order valence-electron chi connectivity index (χ4n) is 3.14. The van der Waals surface area contributed by atoms with Crippen molar-refractivity contribution < 1.29 is 0 Å². The molecule has 0 unspecified atom stereocenters. The maximum absolute atomic E-state index is 4.92. The number of thioether (sulfide) groups is 1. The molecule has 0 saturated carbocycles. The zero-order valence-electron chi connectivity index (χ0n) is 15.6. The highest BCUT2D eigenvalue weighted by Gasteiger charge is 2.18. The van der Waals surface area contributed by atoms with Crippen LogP contribution in [0.4, 0.5) is 0 Å². The van der Waals surface area contributed by atoms with Crippen LogP contribution in [-0.4, -0.2) is 34.8 Å². The van der Waals surface area contributed by atoms with Crippen LogP contribution in [0.25, 0.3) is 16.8 Å². The van der Waals surface area contributed by atoms with Crippen molar-refractivity contribution in [3.63, 3.8) is 0 Å². The molecule has 0 aliphatic carbocycles. The number of hydrogen-bond donors (Lipinski definition) is 0. The smallest absolute Gasteiger partial charge is 0.190 e. The van der Waals surface area contributed by atoms with E-state index in [0.717, 1.165) is 52.0 Å². The number of tetrazole rings is 1. The lowest BCUT2D eigenvalue weighted by Gasteiger charge is -2.05. The number of hydrogen-bond acceptors (Lipinski definition) is 6. The van der Waals surface area contributed by atoms with Crippen molar-refractivity contribution in [2.75, 3.05) is 0 Å². The SMILES string of the molecule is CCCn1nnnc1CSc1nc(-c2ccccc2)c2c(C)cc(C)nn12. The second kappa shape index (κ2) is 7.48. The lowest BCUT2D eigenvalue weighted by atomic mass is 10.1. The zero-order valence-corrected chi connectivity index (χ0v) is 16.4. The third-order valence-electron chi connectivity index (χ3n) is 4.30. The molecule has 27 heavy (non-hydrogen) atoms. The summed E-state index contributed by atoms with van der Waals surface area (Å²) in [7, 11) is 0. The first-order chi connectivity index (χ1) is 13.2. The first-order valence-electron chi connectivity index (χ1n) is 8.97. The molecular formula is C19H21N7S. The molecule has 4 aromatic rings. The van der Waals surface area contributed by atoms with Gasteiger partial charge in [0.05, 0.1) is 22.7 Å². The Morgan fingerprint density at radius 3 is 2.70 bits per heavy atom. The fourth-order valence-corrected chi connectivity index (χ4v) is 4.01. The molecule has 8 heteroatoms. The molecule has 0 radical (unpaired) electrons. The van der Waals surface area contributed by atoms with Crippen molar-refractivity contribution in [2.45, 2.75) is 44.6 Å². The second-order valence-electron chi connectivity index (χ2n) is 6.45. The van der Waals surface area contributed by atoms with E-state index in [4.69, 9.17) is 10.1 Å². The molecule has 3 heterocycles. The summed E-state index contributed by atoms with van der Waals surface area (Å²) >= 11 is 1.61. The van der Waals surface area contributed by atoms with Crippen LogP contribution in [0.3, 0.4) is 0 Å². The summed E-state index contributed by atoms with van der Waals surface area (Å²) in [5.41, 5.74) is 5.22. The van der Waals surface area contributed by atoms with Crippen LogP contribution < -0.4 is 0 Å². The quantitative estimate of drug-likeness (QED) is 0.476. The fraction of sp³-hybridized carbons (Fsp3) is 0.316. The van der Waals surface area contributed by atoms with Gasteiger partial charge in [-0.1, -0.05) is 49.0 Å². The van der Waals surface area contributed by atoms with E-state index in [1.54, 1.807) is 11.8 Å². The van der Waals surface area contributed by atoms with Gasteiger partial charge in [0.25, 0.3) is 0 Å². The first-order valence-corrected chi connectivity index (χ1v) is 9.96. The van der Waals surface area contributed by atoms with Gasteiger partial charge >= 0.3 is 0 Å². The molecule has 0 amide bonds. The summed E-state index contributed by atoms with van der Waals surface area (Å²) in [6.07, 6.45) is 0.993. The molecule has 0 saturated heterocycles. The van der Waals surface area contributed by atoms with E-state index < -0.39 is 0 Å². The number of aromatic nitrogens is 7. The summed E-state index contributed by atoms with van der Waals surface area (Å²) in [5, 5.41) is 17.6. The van der Waals surface area contributed by atoms with Crippen LogP contribution in [0.5, 0.6) is 0 Å². The van der Waals surface area contributed by atoms with Crippen LogP contribution in [0.15, 0.2) is 41.6 Å². The molecule has 4 rings (SSSR count). The minimum Gasteiger partial charge on any atom is -0.229 e. The Bertz CT molecular complexity index is 1070. The standard InChI is InChI=1S/C19H21N7S/c1-4-10-25-16(21-23-24-25)12-27-19-20-17(15-8-6-5-7-9-15)18-13(2)11-14(3)22-26(18)19/h5-9,11H,4,10,12H2,1-3H3. The average Bonchev–Trinajstić information content (AvgIpc) is 3.25. The van der Waals surface area contributed by atoms with Gasteiger partial charge < -0.3 is 0 Å². The number of imidazole rings is 1. The first kappa shape index (κ1) is 17.7. The Hall–Kier alpha value is -2.74. The highest BCUT2D eigenvalue weighted by molar-refractivity contribution is 7.98. The number of rotatable bonds is 6. The third-order valence-corrected chi connectivity index (χ3v) is 5.23. The van der Waals surface area contributed by atoms with Gasteiger partial charge in [-0.2, -0.15) is 5.10 Å². The van der Waals surface area contributed by atoms with E-state index in [-0.39, 0.29) is 0 Å². The molecule has 0 bridgehead atoms. The van der Waals surface area contributed by atoms with E-state index >= 15 is 0 Å². The van der Waals surface area contributed by atoms with Gasteiger partial charge in [-0.3, -0.25) is 0 Å². The van der Waals surface area contributed by atoms with Gasteiger partial charge in [0.2, 0.25) is 0 Å². The Labute approximate surface area is 161 Å². The summed E-state index contributed by atoms with van der Waals surface area (Å²) in [4.78, 5) is 4.92. The van der Waals surface area contributed by atoms with E-state index in [1.165, 1.54) is 0 Å². The molecular weight excluding hydrogens is 358 g/mol. The number of benzene rings is 1. The van der Waals surface area contributed by atoms with E-state index in [1.807, 2.05) is 34.3 Å². The van der Waals surface area contributed by atoms with Gasteiger partial charge in [-0.25, -0.2) is 14.2 Å². The molecule has 0 atom stereocenters. The Morgan fingerprint density at radius 1 is 1.11 bits per heavy atom. The number of aryl methyl sites for hydroxylation is 3. The molecule has 7 nitrogen and oxygen atoms in total. The van der Waals surface area contributed by atoms with Crippen molar-refractivity contribution in [3.8, 4) is 11.3 Å². The molecule has 1 aromatic carbocycles. The van der Waals surface area contributed by atoms with Gasteiger partial charge in [0.15, 0.2) is 11.0 Å². The molecule has 0 aliphatic heterocycles. The van der Waals surface area contributed by atoms with Crippen LogP contribution in [0, 0.1) is 13.8 Å². The topological polar surface area (TPSA) is 73.8 Å². The minimum atomic E-state index is 0.648. The highest BCUT2D eigenvalue weighted by atomic mass is 32.2. The molecule has 0 fully saturated rings. The molecule has 0 aliphatic rings. The van der Waals surface area contributed by atoms with Crippen molar-refractivity contribution in [2.24, 2.45) is 0 Å². The predicted octanol–water partition coefficient (Wildman–Crippen LogP) is 3.70. The van der Waals surface area contributed by atoms with Crippen molar-refractivity contribution in [3.05, 3.63) is 53.5 Å². The molecule has 0 N–H and O–H groups in total. The van der Waals surface area contributed by atoms with Gasteiger partial charge in [0, 0.05) is 12.1 Å². The van der Waals surface area contributed by atoms with Gasteiger partial charge in [-0.15, -0.1) is 5.10 Å². The Morgan fingerprint density at radius 2 is 1.93 bits per heavy atom. The third kappa shape index (κ3) is 3.44. The lowest BCUT2D eigenvalue weighted by molar-refractivity contribution is 0.564. The summed E-state index contributed by atoms with van der Waals surface area (Å²) in [5.74, 6) is 1.50. The second-order valence-corrected chi connectivity index (χ2v) is 7.39. The lowest BCUT2D eigenvalue weighted by Crippen LogP contribution is -2.05. The maximum Gasteiger partial charge on any atom is 0.190 e. The summed E-state index contributed by atoms with van der Waals surface area (Å²) in [6, 6.07) is 12.3. The number of nitrogens with zero attached hydrogens (tertiary/aromatic N) is 7. The van der Waals surface area contributed by atoms with Crippen molar-refractivity contribution >= 4 is 17.3 Å². The minimum absolute atomic E-state index is 0.648.